The normalized spacial score (nSPS) is 15.6. The van der Waals surface area contributed by atoms with Crippen molar-refractivity contribution >= 4 is 73.5 Å². The van der Waals surface area contributed by atoms with Gasteiger partial charge in [-0.2, -0.15) is 0 Å². The molecule has 1 N–H and O–H groups in total. The van der Waals surface area contributed by atoms with Crippen molar-refractivity contribution in [3.63, 3.8) is 0 Å². The zero-order valence-electron chi connectivity index (χ0n) is 14.2. The molecule has 0 atom stereocenters. The fraction of sp³-hybridized carbons (Fsp3) is 0.111. The molecule has 3 rings (SSSR count). The molecule has 0 bridgehead atoms. The summed E-state index contributed by atoms with van der Waals surface area (Å²) in [4.78, 5) is 14.8. The van der Waals surface area contributed by atoms with Crippen LogP contribution >= 0.6 is 51.5 Å². The first-order chi connectivity index (χ1) is 12.8. The molecule has 1 aliphatic rings. The summed E-state index contributed by atoms with van der Waals surface area (Å²) in [6, 6.07) is 8.18. The number of phenolic OH excluding ortho intramolecular Hbond substituents is 1. The fourth-order valence-corrected chi connectivity index (χ4v) is 4.45. The van der Waals surface area contributed by atoms with Crippen molar-refractivity contribution in [3.8, 4) is 17.2 Å². The van der Waals surface area contributed by atoms with Gasteiger partial charge in [0.25, 0.3) is 5.91 Å². The Kier molecular flexibility index (Phi) is 6.00. The zero-order valence-corrected chi connectivity index (χ0v) is 18.1. The Morgan fingerprint density at radius 3 is 2.56 bits per heavy atom. The number of thiocarbonyl (C=S) groups is 1. The molecule has 5 nitrogen and oxygen atoms in total. The monoisotopic (exact) mass is 485 g/mol. The van der Waals surface area contributed by atoms with E-state index in [4.69, 9.17) is 33.3 Å². The predicted molar refractivity (Wildman–Crippen MR) is 116 cm³/mol. The van der Waals surface area contributed by atoms with Crippen LogP contribution < -0.4 is 14.4 Å². The lowest BCUT2D eigenvalue weighted by molar-refractivity contribution is -0.113. The minimum absolute atomic E-state index is 0.00180. The minimum atomic E-state index is -0.259. The smallest absolute Gasteiger partial charge is 0.270 e. The third-order valence-corrected chi connectivity index (χ3v) is 6.06. The molecule has 1 fully saturated rings. The molecule has 27 heavy (non-hydrogen) atoms. The third-order valence-electron chi connectivity index (χ3n) is 3.77. The van der Waals surface area contributed by atoms with Gasteiger partial charge in [-0.15, -0.1) is 0 Å². The molecule has 0 aliphatic carbocycles. The minimum Gasteiger partial charge on any atom is -0.504 e. The van der Waals surface area contributed by atoms with Gasteiger partial charge in [-0.1, -0.05) is 51.5 Å². The average molecular weight is 487 g/mol. The molecule has 2 aromatic carbocycles. The van der Waals surface area contributed by atoms with E-state index in [1.165, 1.54) is 36.9 Å². The molecule has 1 heterocycles. The Morgan fingerprint density at radius 2 is 1.93 bits per heavy atom. The van der Waals surface area contributed by atoms with Crippen molar-refractivity contribution in [1.29, 1.82) is 0 Å². The Hall–Kier alpha value is -1.74. The van der Waals surface area contributed by atoms with Gasteiger partial charge in [-0.3, -0.25) is 9.69 Å². The third kappa shape index (κ3) is 3.94. The van der Waals surface area contributed by atoms with Crippen LogP contribution in [0, 0.1) is 0 Å². The second-order valence-electron chi connectivity index (χ2n) is 5.38. The van der Waals surface area contributed by atoms with Crippen molar-refractivity contribution in [2.24, 2.45) is 0 Å². The van der Waals surface area contributed by atoms with Crippen LogP contribution in [0.25, 0.3) is 6.08 Å². The molecule has 1 saturated heterocycles. The number of carbonyl (C=O) groups excluding carboxylic acids is 1. The van der Waals surface area contributed by atoms with E-state index in [9.17, 15) is 9.90 Å². The Morgan fingerprint density at radius 1 is 1.22 bits per heavy atom. The molecule has 9 heteroatoms. The van der Waals surface area contributed by atoms with E-state index in [0.29, 0.717) is 41.5 Å². The summed E-state index contributed by atoms with van der Waals surface area (Å²) < 4.78 is 11.3. The van der Waals surface area contributed by atoms with E-state index in [2.05, 4.69) is 15.9 Å². The SMILES string of the molecule is COc1cc(C=C2SC(=S)N(c3ccc(OC)c(Cl)c3)C2=O)c(Br)cc1O. The molecule has 1 aliphatic heterocycles. The van der Waals surface area contributed by atoms with E-state index in [0.717, 1.165) is 0 Å². The van der Waals surface area contributed by atoms with Crippen molar-refractivity contribution in [1.82, 2.24) is 0 Å². The molecular formula is C18H13BrClNO4S2. The number of methoxy groups -OCH3 is 2. The van der Waals surface area contributed by atoms with Crippen LogP contribution in [-0.4, -0.2) is 29.6 Å². The fourth-order valence-electron chi connectivity index (χ4n) is 2.46. The summed E-state index contributed by atoms with van der Waals surface area (Å²) >= 11 is 16.1. The summed E-state index contributed by atoms with van der Waals surface area (Å²) in [6.45, 7) is 0. The number of amides is 1. The summed E-state index contributed by atoms with van der Waals surface area (Å²) in [6.07, 6.45) is 1.69. The van der Waals surface area contributed by atoms with Gasteiger partial charge in [0, 0.05) is 4.47 Å². The van der Waals surface area contributed by atoms with E-state index in [1.807, 2.05) is 0 Å². The molecular weight excluding hydrogens is 474 g/mol. The van der Waals surface area contributed by atoms with Gasteiger partial charge in [0.2, 0.25) is 0 Å². The van der Waals surface area contributed by atoms with Gasteiger partial charge in [0.05, 0.1) is 29.8 Å². The van der Waals surface area contributed by atoms with Crippen molar-refractivity contribution in [2.45, 2.75) is 0 Å². The number of rotatable bonds is 4. The molecule has 0 aromatic heterocycles. The van der Waals surface area contributed by atoms with E-state index in [-0.39, 0.29) is 11.7 Å². The standard InChI is InChI=1S/C18H13BrClNO4S2/c1-24-14-4-3-10(7-12(14)20)21-17(23)16(27-18(21)26)6-9-5-15(25-2)13(22)8-11(9)19/h3-8,22H,1-2H3. The van der Waals surface area contributed by atoms with E-state index >= 15 is 0 Å². The largest absolute Gasteiger partial charge is 0.504 e. The van der Waals surface area contributed by atoms with Gasteiger partial charge in [0.15, 0.2) is 15.8 Å². The highest BCUT2D eigenvalue weighted by atomic mass is 79.9. The molecule has 0 unspecified atom stereocenters. The van der Waals surface area contributed by atoms with E-state index < -0.39 is 0 Å². The number of carbonyl (C=O) groups is 1. The van der Waals surface area contributed by atoms with Crippen molar-refractivity contribution in [3.05, 3.63) is 50.3 Å². The Balaban J connectivity index is 1.97. The Labute approximate surface area is 179 Å². The zero-order chi connectivity index (χ0) is 19.7. The van der Waals surface area contributed by atoms with Gasteiger partial charge < -0.3 is 14.6 Å². The first kappa shape index (κ1) is 20.0. The molecule has 2 aromatic rings. The lowest BCUT2D eigenvalue weighted by Gasteiger charge is -2.15. The predicted octanol–water partition coefficient (Wildman–Crippen LogP) is 5.23. The van der Waals surface area contributed by atoms with Crippen molar-refractivity contribution < 1.29 is 19.4 Å². The van der Waals surface area contributed by atoms with Crippen LogP contribution in [0.5, 0.6) is 17.2 Å². The lowest BCUT2D eigenvalue weighted by Crippen LogP contribution is -2.27. The number of thioether (sulfide) groups is 1. The van der Waals surface area contributed by atoms with Gasteiger partial charge in [-0.05, 0) is 42.0 Å². The molecule has 0 radical (unpaired) electrons. The number of anilines is 1. The molecule has 1 amide bonds. The quantitative estimate of drug-likeness (QED) is 0.472. The number of nitrogens with zero attached hydrogens (tertiary/aromatic N) is 1. The number of hydrogen-bond acceptors (Lipinski definition) is 6. The highest BCUT2D eigenvalue weighted by molar-refractivity contribution is 9.10. The maximum atomic E-state index is 12.9. The van der Waals surface area contributed by atoms with Crippen molar-refractivity contribution in [2.75, 3.05) is 19.1 Å². The van der Waals surface area contributed by atoms with E-state index in [1.54, 1.807) is 30.3 Å². The second-order valence-corrected chi connectivity index (χ2v) is 8.32. The maximum Gasteiger partial charge on any atom is 0.270 e. The first-order valence-corrected chi connectivity index (χ1v) is 9.93. The first-order valence-electron chi connectivity index (χ1n) is 7.53. The summed E-state index contributed by atoms with van der Waals surface area (Å²) in [5.41, 5.74) is 1.24. The number of phenols is 1. The number of aromatic hydroxyl groups is 1. The van der Waals surface area contributed by atoms with Crippen LogP contribution in [0.4, 0.5) is 5.69 Å². The molecule has 0 spiro atoms. The van der Waals surface area contributed by atoms with Gasteiger partial charge in [-0.25, -0.2) is 0 Å². The highest BCUT2D eigenvalue weighted by Gasteiger charge is 2.33. The number of benzene rings is 2. The topological polar surface area (TPSA) is 59.0 Å². The second kappa shape index (κ2) is 8.10. The Bertz CT molecular complexity index is 980. The molecule has 0 saturated carbocycles. The summed E-state index contributed by atoms with van der Waals surface area (Å²) in [5.74, 6) is 0.565. The summed E-state index contributed by atoms with van der Waals surface area (Å²) in [7, 11) is 2.98. The lowest BCUT2D eigenvalue weighted by atomic mass is 10.2. The number of ether oxygens (including phenoxy) is 2. The van der Waals surface area contributed by atoms with Crippen LogP contribution in [0.2, 0.25) is 5.02 Å². The highest BCUT2D eigenvalue weighted by Crippen LogP contribution is 2.40. The molecule has 140 valence electrons. The number of hydrogen-bond donors (Lipinski definition) is 1. The van der Waals surface area contributed by atoms with Crippen LogP contribution in [-0.2, 0) is 4.79 Å². The van der Waals surface area contributed by atoms with Crippen LogP contribution in [0.1, 0.15) is 5.56 Å². The van der Waals surface area contributed by atoms with Crippen LogP contribution in [0.3, 0.4) is 0 Å². The maximum absolute atomic E-state index is 12.9. The van der Waals surface area contributed by atoms with Crippen LogP contribution in [0.15, 0.2) is 39.7 Å². The average Bonchev–Trinajstić information content (AvgIpc) is 2.90. The summed E-state index contributed by atoms with van der Waals surface area (Å²) in [5, 5.41) is 10.2. The number of halogens is 2. The van der Waals surface area contributed by atoms with Gasteiger partial charge >= 0.3 is 0 Å². The van der Waals surface area contributed by atoms with Gasteiger partial charge in [0.1, 0.15) is 5.75 Å².